The van der Waals surface area contributed by atoms with Gasteiger partial charge in [0.1, 0.15) is 5.69 Å². The molecule has 1 aromatic heterocycles. The predicted molar refractivity (Wildman–Crippen MR) is 79.5 cm³/mol. The number of aromatic nitrogens is 1. The summed E-state index contributed by atoms with van der Waals surface area (Å²) in [6.07, 6.45) is 3.13. The molecule has 0 spiro atoms. The molecule has 0 saturated carbocycles. The SMILES string of the molecule is CCNc1cc(C(=O)Nc2ccncc2)ccc1[N+](=O)[O-]. The fourth-order valence-corrected chi connectivity index (χ4v) is 1.81. The summed E-state index contributed by atoms with van der Waals surface area (Å²) >= 11 is 0. The van der Waals surface area contributed by atoms with Gasteiger partial charge in [0.05, 0.1) is 4.92 Å². The van der Waals surface area contributed by atoms with E-state index in [1.807, 2.05) is 6.92 Å². The van der Waals surface area contributed by atoms with Gasteiger partial charge in [-0.3, -0.25) is 19.9 Å². The van der Waals surface area contributed by atoms with Gasteiger partial charge in [0.25, 0.3) is 11.6 Å². The molecule has 0 bridgehead atoms. The van der Waals surface area contributed by atoms with Crippen LogP contribution in [-0.2, 0) is 0 Å². The monoisotopic (exact) mass is 286 g/mol. The number of nitro benzene ring substituents is 1. The van der Waals surface area contributed by atoms with Crippen molar-refractivity contribution in [2.24, 2.45) is 0 Å². The van der Waals surface area contributed by atoms with Gasteiger partial charge < -0.3 is 10.6 Å². The summed E-state index contributed by atoms with van der Waals surface area (Å²) in [6, 6.07) is 7.54. The molecule has 0 aliphatic carbocycles. The van der Waals surface area contributed by atoms with Gasteiger partial charge in [0, 0.05) is 36.3 Å². The lowest BCUT2D eigenvalue weighted by Crippen LogP contribution is -2.13. The lowest BCUT2D eigenvalue weighted by Gasteiger charge is -2.08. The number of amides is 1. The van der Waals surface area contributed by atoms with Gasteiger partial charge in [0.15, 0.2) is 0 Å². The van der Waals surface area contributed by atoms with Crippen LogP contribution in [0, 0.1) is 10.1 Å². The molecular formula is C14H14N4O3. The third-order valence-electron chi connectivity index (χ3n) is 2.76. The minimum Gasteiger partial charge on any atom is -0.380 e. The van der Waals surface area contributed by atoms with Gasteiger partial charge in [-0.1, -0.05) is 0 Å². The average molecular weight is 286 g/mol. The van der Waals surface area contributed by atoms with Gasteiger partial charge in [0.2, 0.25) is 0 Å². The molecule has 0 aliphatic rings. The molecular weight excluding hydrogens is 272 g/mol. The van der Waals surface area contributed by atoms with Gasteiger partial charge in [-0.2, -0.15) is 0 Å². The van der Waals surface area contributed by atoms with E-state index in [9.17, 15) is 14.9 Å². The minimum absolute atomic E-state index is 0.0580. The van der Waals surface area contributed by atoms with Gasteiger partial charge in [-0.25, -0.2) is 0 Å². The predicted octanol–water partition coefficient (Wildman–Crippen LogP) is 2.67. The van der Waals surface area contributed by atoms with E-state index in [4.69, 9.17) is 0 Å². The minimum atomic E-state index is -0.484. The number of hydrogen-bond donors (Lipinski definition) is 2. The van der Waals surface area contributed by atoms with Crippen LogP contribution >= 0.6 is 0 Å². The molecule has 1 aromatic carbocycles. The summed E-state index contributed by atoms with van der Waals surface area (Å²) in [4.78, 5) is 26.4. The number of pyridine rings is 1. The fraction of sp³-hybridized carbons (Fsp3) is 0.143. The Morgan fingerprint density at radius 2 is 2.00 bits per heavy atom. The van der Waals surface area contributed by atoms with Crippen LogP contribution in [0.3, 0.4) is 0 Å². The zero-order valence-electron chi connectivity index (χ0n) is 11.4. The van der Waals surface area contributed by atoms with Crippen molar-refractivity contribution < 1.29 is 9.72 Å². The van der Waals surface area contributed by atoms with Crippen molar-refractivity contribution in [3.05, 3.63) is 58.4 Å². The second kappa shape index (κ2) is 6.47. The highest BCUT2D eigenvalue weighted by Crippen LogP contribution is 2.25. The highest BCUT2D eigenvalue weighted by molar-refractivity contribution is 6.05. The van der Waals surface area contributed by atoms with Crippen LogP contribution in [0.4, 0.5) is 17.1 Å². The van der Waals surface area contributed by atoms with Crippen molar-refractivity contribution in [2.75, 3.05) is 17.2 Å². The Balaban J connectivity index is 2.25. The summed E-state index contributed by atoms with van der Waals surface area (Å²) in [5.74, 6) is -0.338. The van der Waals surface area contributed by atoms with Crippen molar-refractivity contribution in [1.82, 2.24) is 4.98 Å². The first-order valence-corrected chi connectivity index (χ1v) is 6.35. The first-order valence-electron chi connectivity index (χ1n) is 6.35. The van der Waals surface area contributed by atoms with Gasteiger partial charge in [-0.05, 0) is 31.2 Å². The third kappa shape index (κ3) is 3.53. The number of anilines is 2. The normalized spacial score (nSPS) is 9.95. The molecule has 0 atom stereocenters. The Bertz CT molecular complexity index is 659. The van der Waals surface area contributed by atoms with Crippen molar-refractivity contribution in [3.63, 3.8) is 0 Å². The number of nitrogens with one attached hydrogen (secondary N) is 2. The van der Waals surface area contributed by atoms with E-state index in [0.29, 0.717) is 23.5 Å². The van der Waals surface area contributed by atoms with Crippen LogP contribution < -0.4 is 10.6 Å². The molecule has 0 aliphatic heterocycles. The van der Waals surface area contributed by atoms with Crippen molar-refractivity contribution in [2.45, 2.75) is 6.92 Å². The van der Waals surface area contributed by atoms with Crippen LogP contribution in [0.15, 0.2) is 42.7 Å². The van der Waals surface area contributed by atoms with Crippen LogP contribution in [0.25, 0.3) is 0 Å². The Kier molecular flexibility index (Phi) is 4.45. The fourth-order valence-electron chi connectivity index (χ4n) is 1.81. The van der Waals surface area contributed by atoms with Crippen LogP contribution in [0.1, 0.15) is 17.3 Å². The summed E-state index contributed by atoms with van der Waals surface area (Å²) in [6.45, 7) is 2.35. The lowest BCUT2D eigenvalue weighted by atomic mass is 10.1. The molecule has 0 fully saturated rings. The second-order valence-corrected chi connectivity index (χ2v) is 4.21. The molecule has 7 heteroatoms. The standard InChI is InChI=1S/C14H14N4O3/c1-2-16-12-9-10(3-4-13(12)18(20)21)14(19)17-11-5-7-15-8-6-11/h3-9,16H,2H2,1H3,(H,15,17,19). The molecule has 1 heterocycles. The number of carbonyl (C=O) groups is 1. The molecule has 0 radical (unpaired) electrons. The van der Waals surface area contributed by atoms with E-state index in [-0.39, 0.29) is 11.6 Å². The lowest BCUT2D eigenvalue weighted by molar-refractivity contribution is -0.384. The topological polar surface area (TPSA) is 97.2 Å². The molecule has 0 unspecified atom stereocenters. The van der Waals surface area contributed by atoms with Gasteiger partial charge >= 0.3 is 0 Å². The molecule has 2 aromatic rings. The molecule has 0 saturated heterocycles. The number of benzene rings is 1. The molecule has 1 amide bonds. The van der Waals surface area contributed by atoms with Gasteiger partial charge in [-0.15, -0.1) is 0 Å². The maximum atomic E-state index is 12.1. The van der Waals surface area contributed by atoms with Crippen LogP contribution in [0.2, 0.25) is 0 Å². The summed E-state index contributed by atoms with van der Waals surface area (Å²) in [5.41, 5.74) is 1.22. The molecule has 108 valence electrons. The zero-order chi connectivity index (χ0) is 15.2. The van der Waals surface area contributed by atoms with Crippen molar-refractivity contribution in [1.29, 1.82) is 0 Å². The van der Waals surface area contributed by atoms with E-state index >= 15 is 0 Å². The van der Waals surface area contributed by atoms with E-state index in [0.717, 1.165) is 0 Å². The van der Waals surface area contributed by atoms with Crippen LogP contribution in [-0.4, -0.2) is 22.4 Å². The number of carbonyl (C=O) groups excluding carboxylic acids is 1. The second-order valence-electron chi connectivity index (χ2n) is 4.21. The molecule has 2 N–H and O–H groups in total. The highest BCUT2D eigenvalue weighted by atomic mass is 16.6. The molecule has 21 heavy (non-hydrogen) atoms. The maximum Gasteiger partial charge on any atom is 0.292 e. The number of nitrogens with zero attached hydrogens (tertiary/aromatic N) is 2. The van der Waals surface area contributed by atoms with E-state index in [2.05, 4.69) is 15.6 Å². The van der Waals surface area contributed by atoms with Crippen LogP contribution in [0.5, 0.6) is 0 Å². The average Bonchev–Trinajstić information content (AvgIpc) is 2.48. The smallest absolute Gasteiger partial charge is 0.292 e. The molecule has 2 rings (SSSR count). The first-order chi connectivity index (χ1) is 10.1. The highest BCUT2D eigenvalue weighted by Gasteiger charge is 2.16. The number of rotatable bonds is 5. The largest absolute Gasteiger partial charge is 0.380 e. The van der Waals surface area contributed by atoms with Crippen molar-refractivity contribution in [3.8, 4) is 0 Å². The number of hydrogen-bond acceptors (Lipinski definition) is 5. The summed E-state index contributed by atoms with van der Waals surface area (Å²) < 4.78 is 0. The quantitative estimate of drug-likeness (QED) is 0.650. The summed E-state index contributed by atoms with van der Waals surface area (Å²) in [5, 5.41) is 16.5. The Morgan fingerprint density at radius 1 is 1.29 bits per heavy atom. The van der Waals surface area contributed by atoms with E-state index < -0.39 is 4.92 Å². The third-order valence-corrected chi connectivity index (χ3v) is 2.76. The Hall–Kier alpha value is -2.96. The van der Waals surface area contributed by atoms with E-state index in [1.54, 1.807) is 24.5 Å². The number of nitro groups is 1. The first kappa shape index (κ1) is 14.4. The maximum absolute atomic E-state index is 12.1. The van der Waals surface area contributed by atoms with E-state index in [1.165, 1.54) is 18.2 Å². The Morgan fingerprint density at radius 3 is 2.62 bits per heavy atom. The van der Waals surface area contributed by atoms with Crippen molar-refractivity contribution >= 4 is 23.0 Å². The zero-order valence-corrected chi connectivity index (χ0v) is 11.4. The molecule has 7 nitrogen and oxygen atoms in total. The Labute approximate surface area is 121 Å². The summed E-state index contributed by atoms with van der Waals surface area (Å²) in [7, 11) is 0.